The van der Waals surface area contributed by atoms with Gasteiger partial charge in [-0.3, -0.25) is 4.99 Å². The highest BCUT2D eigenvalue weighted by Gasteiger charge is 2.23. The number of halogens is 2. The van der Waals surface area contributed by atoms with Gasteiger partial charge in [0.05, 0.1) is 11.8 Å². The summed E-state index contributed by atoms with van der Waals surface area (Å²) in [5.74, 6) is 0.900. The second-order valence-corrected chi connectivity index (χ2v) is 5.14. The number of nitrogens with zero attached hydrogens (tertiary/aromatic N) is 1. The molecule has 6 heteroatoms. The van der Waals surface area contributed by atoms with Gasteiger partial charge in [-0.15, -0.1) is 0 Å². The number of alkyl halides is 1. The highest BCUT2D eigenvalue weighted by Crippen LogP contribution is 2.16. The van der Waals surface area contributed by atoms with Crippen LogP contribution in [0.3, 0.4) is 0 Å². The Morgan fingerprint density at radius 2 is 2.47 bits per heavy atom. The molecule has 2 N–H and O–H groups in total. The number of aromatic nitrogens is 1. The summed E-state index contributed by atoms with van der Waals surface area (Å²) in [6.45, 7) is 1.04. The van der Waals surface area contributed by atoms with Crippen LogP contribution in [0.1, 0.15) is 0 Å². The molecule has 0 aromatic carbocycles. The topological polar surface area (TPSA) is 38.9 Å². The normalized spacial score (nSPS) is 19.3. The average molecular weight is 447 g/mol. The second kappa shape index (κ2) is 6.89. The molecule has 1 aromatic rings. The number of amidine groups is 1. The molecule has 0 radical (unpaired) electrons. The van der Waals surface area contributed by atoms with E-state index in [1.807, 2.05) is 30.0 Å². The minimum Gasteiger partial charge on any atom is -1.00 e. The Balaban J connectivity index is 0.00000112. The molecule has 82 valence electrons. The lowest BCUT2D eigenvalue weighted by Crippen LogP contribution is -3.00. The molecule has 15 heavy (non-hydrogen) atoms. The van der Waals surface area contributed by atoms with E-state index in [1.165, 1.54) is 4.43 Å². The van der Waals surface area contributed by atoms with Gasteiger partial charge in [0.25, 0.3) is 0 Å². The predicted molar refractivity (Wildman–Crippen MR) is 69.0 cm³/mol. The van der Waals surface area contributed by atoms with Crippen molar-refractivity contribution >= 4 is 45.3 Å². The molecule has 0 saturated heterocycles. The number of pyridine rings is 1. The number of anilines is 1. The Hall–Kier alpha value is 0.430. The van der Waals surface area contributed by atoms with Gasteiger partial charge in [0.2, 0.25) is 5.82 Å². The molecule has 1 unspecified atom stereocenters. The van der Waals surface area contributed by atoms with Crippen molar-refractivity contribution < 1.29 is 29.0 Å². The third-order valence-electron chi connectivity index (χ3n) is 1.85. The number of rotatable bonds is 2. The van der Waals surface area contributed by atoms with E-state index in [1.54, 1.807) is 6.20 Å². The molecule has 1 aromatic heterocycles. The predicted octanol–water partition coefficient (Wildman–Crippen LogP) is -2.52. The van der Waals surface area contributed by atoms with Crippen molar-refractivity contribution in [2.75, 3.05) is 16.3 Å². The van der Waals surface area contributed by atoms with Gasteiger partial charge in [0, 0.05) is 16.7 Å². The van der Waals surface area contributed by atoms with E-state index in [0.717, 1.165) is 17.5 Å². The fraction of sp³-hybridized carbons (Fsp3) is 0.333. The molecule has 1 atom stereocenters. The largest absolute Gasteiger partial charge is 1.00 e. The van der Waals surface area contributed by atoms with E-state index in [4.69, 9.17) is 0 Å². The van der Waals surface area contributed by atoms with Crippen LogP contribution in [0.15, 0.2) is 24.4 Å². The van der Waals surface area contributed by atoms with Crippen LogP contribution in [0.5, 0.6) is 0 Å². The number of thioether (sulfide) groups is 1. The van der Waals surface area contributed by atoms with Gasteiger partial charge >= 0.3 is 5.17 Å². The van der Waals surface area contributed by atoms with E-state index >= 15 is 0 Å². The quantitative estimate of drug-likeness (QED) is 0.389. The molecule has 0 aliphatic carbocycles. The Kier molecular flexibility index (Phi) is 6.20. The van der Waals surface area contributed by atoms with E-state index in [-0.39, 0.29) is 24.0 Å². The minimum atomic E-state index is 0. The van der Waals surface area contributed by atoms with Crippen LogP contribution < -0.4 is 34.3 Å². The molecular weight excluding hydrogens is 436 g/mol. The third-order valence-corrected chi connectivity index (χ3v) is 4.66. The first kappa shape index (κ1) is 13.5. The van der Waals surface area contributed by atoms with Crippen LogP contribution in [-0.2, 0) is 0 Å². The molecule has 0 spiro atoms. The zero-order chi connectivity index (χ0) is 9.80. The highest BCUT2D eigenvalue weighted by atomic mass is 127. The Bertz CT molecular complexity index is 331. The SMILES string of the molecule is ICC1C[NH+]=C(Nc2ccccn2)S1.[I-]. The van der Waals surface area contributed by atoms with Crippen molar-refractivity contribution in [3.63, 3.8) is 0 Å². The molecular formula is C9H11I2N3S. The lowest BCUT2D eigenvalue weighted by atomic mass is 10.5. The monoisotopic (exact) mass is 447 g/mol. The maximum atomic E-state index is 4.21. The lowest BCUT2D eigenvalue weighted by Gasteiger charge is -1.98. The third kappa shape index (κ3) is 4.06. The van der Waals surface area contributed by atoms with Crippen LogP contribution in [0.2, 0.25) is 0 Å². The fourth-order valence-corrected chi connectivity index (χ4v) is 2.91. The van der Waals surface area contributed by atoms with E-state index in [9.17, 15) is 0 Å². The van der Waals surface area contributed by atoms with Crippen molar-refractivity contribution in [3.05, 3.63) is 24.4 Å². The van der Waals surface area contributed by atoms with Crippen LogP contribution in [-0.4, -0.2) is 26.4 Å². The van der Waals surface area contributed by atoms with Crippen molar-refractivity contribution in [1.82, 2.24) is 4.98 Å². The van der Waals surface area contributed by atoms with E-state index in [2.05, 4.69) is 37.9 Å². The van der Waals surface area contributed by atoms with Crippen LogP contribution in [0.4, 0.5) is 5.82 Å². The summed E-state index contributed by atoms with van der Waals surface area (Å²) in [6, 6.07) is 5.86. The number of hydrogen-bond acceptors (Lipinski definition) is 3. The summed E-state index contributed by atoms with van der Waals surface area (Å²) in [6.07, 6.45) is 1.79. The standard InChI is InChI=1S/C9H10IN3S.HI/c10-5-7-6-12-9(14-7)13-8-3-1-2-4-11-8;/h1-4,7H,5-6H2,(H,11,12,13);1H. The van der Waals surface area contributed by atoms with Crippen molar-refractivity contribution in [3.8, 4) is 0 Å². The minimum absolute atomic E-state index is 0. The molecule has 2 heterocycles. The van der Waals surface area contributed by atoms with Gasteiger partial charge in [-0.1, -0.05) is 28.7 Å². The zero-order valence-corrected chi connectivity index (χ0v) is 13.0. The molecule has 0 bridgehead atoms. The van der Waals surface area contributed by atoms with Gasteiger partial charge < -0.3 is 24.0 Å². The summed E-state index contributed by atoms with van der Waals surface area (Å²) in [5.41, 5.74) is 0. The Morgan fingerprint density at radius 3 is 3.07 bits per heavy atom. The second-order valence-electron chi connectivity index (χ2n) is 2.94. The van der Waals surface area contributed by atoms with E-state index in [0.29, 0.717) is 5.25 Å². The lowest BCUT2D eigenvalue weighted by molar-refractivity contribution is -0.448. The first-order valence-electron chi connectivity index (χ1n) is 4.40. The first-order valence-corrected chi connectivity index (χ1v) is 6.80. The summed E-state index contributed by atoms with van der Waals surface area (Å²) in [4.78, 5) is 7.54. The molecule has 0 amide bonds. The molecule has 0 saturated carbocycles. The van der Waals surface area contributed by atoms with Crippen LogP contribution in [0.25, 0.3) is 0 Å². The van der Waals surface area contributed by atoms with Crippen molar-refractivity contribution in [2.45, 2.75) is 5.25 Å². The maximum absolute atomic E-state index is 4.21. The van der Waals surface area contributed by atoms with Gasteiger partial charge in [0.1, 0.15) is 0 Å². The van der Waals surface area contributed by atoms with Gasteiger partial charge in [0.15, 0.2) is 0 Å². The maximum Gasteiger partial charge on any atom is 0.310 e. The number of hydrogen-bond donors (Lipinski definition) is 2. The summed E-state index contributed by atoms with van der Waals surface area (Å²) in [5, 5.41) is 5.06. The summed E-state index contributed by atoms with van der Waals surface area (Å²) < 4.78 is 1.17. The van der Waals surface area contributed by atoms with Gasteiger partial charge in [-0.2, -0.15) is 0 Å². The molecule has 3 nitrogen and oxygen atoms in total. The number of nitrogens with one attached hydrogen (secondary N) is 2. The van der Waals surface area contributed by atoms with Crippen LogP contribution >= 0.6 is 34.4 Å². The Labute approximate surface area is 124 Å². The highest BCUT2D eigenvalue weighted by molar-refractivity contribution is 14.1. The van der Waals surface area contributed by atoms with Gasteiger partial charge in [-0.25, -0.2) is 10.3 Å². The van der Waals surface area contributed by atoms with Crippen molar-refractivity contribution in [1.29, 1.82) is 0 Å². The summed E-state index contributed by atoms with van der Waals surface area (Å²) >= 11 is 4.27. The van der Waals surface area contributed by atoms with Crippen molar-refractivity contribution in [2.24, 2.45) is 0 Å². The van der Waals surface area contributed by atoms with Gasteiger partial charge in [-0.05, 0) is 17.8 Å². The molecule has 2 rings (SSSR count). The first-order chi connectivity index (χ1) is 6.88. The molecule has 0 fully saturated rings. The van der Waals surface area contributed by atoms with Crippen LogP contribution in [0, 0.1) is 0 Å². The smallest absolute Gasteiger partial charge is 0.310 e. The zero-order valence-electron chi connectivity index (χ0n) is 7.91. The molecule has 1 aliphatic rings. The summed E-state index contributed by atoms with van der Waals surface area (Å²) in [7, 11) is 0. The Morgan fingerprint density at radius 1 is 1.60 bits per heavy atom. The fourth-order valence-electron chi connectivity index (χ4n) is 1.17. The molecule has 1 aliphatic heterocycles. The average Bonchev–Trinajstić information content (AvgIpc) is 2.67. The van der Waals surface area contributed by atoms with E-state index < -0.39 is 0 Å².